The summed E-state index contributed by atoms with van der Waals surface area (Å²) >= 11 is 6.17. The van der Waals surface area contributed by atoms with Gasteiger partial charge in [0.25, 0.3) is 0 Å². The summed E-state index contributed by atoms with van der Waals surface area (Å²) in [7, 11) is 0. The number of aliphatic hydroxyl groups excluding tert-OH is 1. The fourth-order valence-corrected chi connectivity index (χ4v) is 2.91. The van der Waals surface area contributed by atoms with Gasteiger partial charge in [-0.15, -0.1) is 0 Å². The molecule has 4 nitrogen and oxygen atoms in total. The molecular formula is C16H18ClN3O. The minimum Gasteiger partial charge on any atom is -0.390 e. The molecule has 0 amide bonds. The molecule has 1 aliphatic carbocycles. The van der Waals surface area contributed by atoms with Gasteiger partial charge in [-0.3, -0.25) is 0 Å². The Morgan fingerprint density at radius 2 is 2.10 bits per heavy atom. The first-order valence-electron chi connectivity index (χ1n) is 7.15. The second-order valence-electron chi connectivity index (χ2n) is 5.35. The number of rotatable bonds is 3. The lowest BCUT2D eigenvalue weighted by Crippen LogP contribution is -2.22. The average Bonchev–Trinajstić information content (AvgIpc) is 2.79. The highest BCUT2D eigenvalue weighted by Crippen LogP contribution is 2.35. The van der Waals surface area contributed by atoms with Gasteiger partial charge >= 0.3 is 0 Å². The summed E-state index contributed by atoms with van der Waals surface area (Å²) in [5, 5.41) is 14.1. The fourth-order valence-electron chi connectivity index (χ4n) is 2.73. The van der Waals surface area contributed by atoms with Crippen molar-refractivity contribution in [3.05, 3.63) is 51.9 Å². The number of halogens is 1. The van der Waals surface area contributed by atoms with Gasteiger partial charge in [0.1, 0.15) is 16.8 Å². The molecule has 3 rings (SSSR count). The summed E-state index contributed by atoms with van der Waals surface area (Å²) in [6.07, 6.45) is 0.922. The number of benzene rings is 1. The van der Waals surface area contributed by atoms with E-state index in [4.69, 9.17) is 11.6 Å². The third-order valence-corrected chi connectivity index (χ3v) is 4.31. The smallest absolute Gasteiger partial charge is 0.137 e. The summed E-state index contributed by atoms with van der Waals surface area (Å²) in [5.41, 5.74) is 3.11. The maximum absolute atomic E-state index is 10.3. The van der Waals surface area contributed by atoms with Crippen LogP contribution in [0.4, 0.5) is 5.82 Å². The molecule has 0 fully saturated rings. The second-order valence-corrected chi connectivity index (χ2v) is 5.71. The van der Waals surface area contributed by atoms with Gasteiger partial charge in [0.15, 0.2) is 0 Å². The van der Waals surface area contributed by atoms with Gasteiger partial charge < -0.3 is 10.4 Å². The van der Waals surface area contributed by atoms with E-state index in [0.717, 1.165) is 17.5 Å². The Bertz CT molecular complexity index is 675. The summed E-state index contributed by atoms with van der Waals surface area (Å²) < 4.78 is 0. The minimum absolute atomic E-state index is 0.157. The molecule has 1 heterocycles. The molecule has 0 bridgehead atoms. The van der Waals surface area contributed by atoms with Crippen LogP contribution in [0.1, 0.15) is 35.5 Å². The number of fused-ring (bicyclic) bond motifs is 1. The topological polar surface area (TPSA) is 58.0 Å². The Balaban J connectivity index is 1.96. The van der Waals surface area contributed by atoms with E-state index in [2.05, 4.69) is 21.4 Å². The summed E-state index contributed by atoms with van der Waals surface area (Å²) in [5.74, 6) is 1.40. The van der Waals surface area contributed by atoms with Crippen molar-refractivity contribution in [3.63, 3.8) is 0 Å². The first-order chi connectivity index (χ1) is 10.1. The van der Waals surface area contributed by atoms with E-state index in [-0.39, 0.29) is 6.04 Å². The molecule has 0 unspecified atom stereocenters. The molecule has 2 aromatic rings. The minimum atomic E-state index is -0.458. The third-order valence-electron chi connectivity index (χ3n) is 3.95. The van der Waals surface area contributed by atoms with Crippen LogP contribution in [0.3, 0.4) is 0 Å². The largest absolute Gasteiger partial charge is 0.390 e. The SMILES string of the molecule is CCc1nc(Cl)c(C)c(N[C@H]2c3ccccc3C[C@H]2O)n1. The van der Waals surface area contributed by atoms with Crippen molar-refractivity contribution in [3.8, 4) is 0 Å². The molecule has 21 heavy (non-hydrogen) atoms. The van der Waals surface area contributed by atoms with Crippen LogP contribution < -0.4 is 5.32 Å². The number of nitrogens with zero attached hydrogens (tertiary/aromatic N) is 2. The Labute approximate surface area is 129 Å². The zero-order valence-corrected chi connectivity index (χ0v) is 12.9. The summed E-state index contributed by atoms with van der Waals surface area (Å²) in [6.45, 7) is 3.88. The van der Waals surface area contributed by atoms with Gasteiger partial charge in [0, 0.05) is 18.4 Å². The Morgan fingerprint density at radius 1 is 1.33 bits per heavy atom. The Morgan fingerprint density at radius 3 is 2.86 bits per heavy atom. The molecule has 5 heteroatoms. The quantitative estimate of drug-likeness (QED) is 0.856. The molecule has 0 aliphatic heterocycles. The van der Waals surface area contributed by atoms with Crippen LogP contribution in [0.5, 0.6) is 0 Å². The highest BCUT2D eigenvalue weighted by atomic mass is 35.5. The number of hydrogen-bond donors (Lipinski definition) is 2. The molecule has 110 valence electrons. The molecule has 0 radical (unpaired) electrons. The van der Waals surface area contributed by atoms with Crippen molar-refractivity contribution < 1.29 is 5.11 Å². The van der Waals surface area contributed by atoms with Crippen LogP contribution >= 0.6 is 11.6 Å². The molecule has 1 aromatic heterocycles. The predicted molar refractivity (Wildman–Crippen MR) is 83.7 cm³/mol. The Kier molecular flexibility index (Phi) is 3.83. The third kappa shape index (κ3) is 2.61. The molecule has 0 saturated heterocycles. The average molecular weight is 304 g/mol. The highest BCUT2D eigenvalue weighted by Gasteiger charge is 2.31. The normalized spacial score (nSPS) is 20.4. The lowest BCUT2D eigenvalue weighted by Gasteiger charge is -2.20. The lowest BCUT2D eigenvalue weighted by molar-refractivity contribution is 0.165. The number of aromatic nitrogens is 2. The van der Waals surface area contributed by atoms with E-state index < -0.39 is 6.10 Å². The molecule has 2 atom stereocenters. The maximum Gasteiger partial charge on any atom is 0.137 e. The monoisotopic (exact) mass is 303 g/mol. The van der Waals surface area contributed by atoms with E-state index in [9.17, 15) is 5.11 Å². The van der Waals surface area contributed by atoms with Gasteiger partial charge in [-0.05, 0) is 18.1 Å². The first kappa shape index (κ1) is 14.3. The van der Waals surface area contributed by atoms with Crippen molar-refractivity contribution in [2.24, 2.45) is 0 Å². The zero-order chi connectivity index (χ0) is 15.0. The fraction of sp³-hybridized carbons (Fsp3) is 0.375. The first-order valence-corrected chi connectivity index (χ1v) is 7.53. The predicted octanol–water partition coefficient (Wildman–Crippen LogP) is 3.07. The van der Waals surface area contributed by atoms with E-state index in [1.54, 1.807) is 0 Å². The molecule has 1 aromatic carbocycles. The van der Waals surface area contributed by atoms with Crippen molar-refractivity contribution in [2.45, 2.75) is 38.8 Å². The number of hydrogen-bond acceptors (Lipinski definition) is 4. The maximum atomic E-state index is 10.3. The Hall–Kier alpha value is -1.65. The van der Waals surface area contributed by atoms with Gasteiger partial charge in [-0.1, -0.05) is 42.8 Å². The number of anilines is 1. The van der Waals surface area contributed by atoms with Crippen molar-refractivity contribution in [2.75, 3.05) is 5.32 Å². The second kappa shape index (κ2) is 5.62. The molecule has 2 N–H and O–H groups in total. The number of nitrogens with one attached hydrogen (secondary N) is 1. The van der Waals surface area contributed by atoms with Gasteiger partial charge in [0.2, 0.25) is 0 Å². The van der Waals surface area contributed by atoms with Crippen molar-refractivity contribution >= 4 is 17.4 Å². The molecular weight excluding hydrogens is 286 g/mol. The van der Waals surface area contributed by atoms with Gasteiger partial charge in [0.05, 0.1) is 12.1 Å². The van der Waals surface area contributed by atoms with E-state index >= 15 is 0 Å². The zero-order valence-electron chi connectivity index (χ0n) is 12.1. The van der Waals surface area contributed by atoms with E-state index in [1.807, 2.05) is 32.0 Å². The van der Waals surface area contributed by atoms with E-state index in [1.165, 1.54) is 5.56 Å². The molecule has 0 spiro atoms. The standard InChI is InChI=1S/C16H18ClN3O/c1-3-13-18-15(17)9(2)16(19-13)20-14-11-7-5-4-6-10(11)8-12(14)21/h4-7,12,14,21H,3,8H2,1-2H3,(H,18,19,20)/t12-,14+/m1/s1. The van der Waals surface area contributed by atoms with Crippen LogP contribution in [0.2, 0.25) is 5.15 Å². The van der Waals surface area contributed by atoms with Crippen LogP contribution in [0.25, 0.3) is 0 Å². The van der Waals surface area contributed by atoms with Crippen molar-refractivity contribution in [1.82, 2.24) is 9.97 Å². The van der Waals surface area contributed by atoms with Crippen LogP contribution in [-0.4, -0.2) is 21.2 Å². The van der Waals surface area contributed by atoms with E-state index in [0.29, 0.717) is 23.2 Å². The van der Waals surface area contributed by atoms with Gasteiger partial charge in [-0.2, -0.15) is 0 Å². The van der Waals surface area contributed by atoms with Gasteiger partial charge in [-0.25, -0.2) is 9.97 Å². The molecule has 1 aliphatic rings. The summed E-state index contributed by atoms with van der Waals surface area (Å²) in [6, 6.07) is 7.92. The van der Waals surface area contributed by atoms with Crippen LogP contribution in [0.15, 0.2) is 24.3 Å². The number of aryl methyl sites for hydroxylation is 1. The highest BCUT2D eigenvalue weighted by molar-refractivity contribution is 6.30. The number of aliphatic hydroxyl groups is 1. The molecule has 0 saturated carbocycles. The van der Waals surface area contributed by atoms with Crippen molar-refractivity contribution in [1.29, 1.82) is 0 Å². The van der Waals surface area contributed by atoms with Crippen LogP contribution in [0, 0.1) is 6.92 Å². The van der Waals surface area contributed by atoms with Crippen LogP contribution in [-0.2, 0) is 12.8 Å². The summed E-state index contributed by atoms with van der Waals surface area (Å²) in [4.78, 5) is 8.75. The lowest BCUT2D eigenvalue weighted by atomic mass is 10.1.